The molecule has 118 valence electrons. The van der Waals surface area contributed by atoms with Gasteiger partial charge >= 0.3 is 0 Å². The number of hydrogen-bond acceptors (Lipinski definition) is 5. The van der Waals surface area contributed by atoms with Crippen molar-refractivity contribution in [1.29, 1.82) is 0 Å². The van der Waals surface area contributed by atoms with Gasteiger partial charge in [-0.25, -0.2) is 4.39 Å². The number of carbonyl (C=O) groups is 1. The molecule has 0 saturated carbocycles. The quantitative estimate of drug-likeness (QED) is 0.847. The van der Waals surface area contributed by atoms with Crippen LogP contribution in [0.4, 0.5) is 4.39 Å². The number of nitrogens with one attached hydrogen (secondary N) is 1. The Balaban J connectivity index is 1.69. The van der Waals surface area contributed by atoms with Crippen molar-refractivity contribution in [2.45, 2.75) is 26.2 Å². The van der Waals surface area contributed by atoms with Gasteiger partial charge in [-0.15, -0.1) is 0 Å². The van der Waals surface area contributed by atoms with Crippen LogP contribution in [0, 0.1) is 5.82 Å². The van der Waals surface area contributed by atoms with E-state index in [0.29, 0.717) is 30.4 Å². The van der Waals surface area contributed by atoms with Crippen molar-refractivity contribution in [3.8, 4) is 5.75 Å². The van der Waals surface area contributed by atoms with E-state index in [4.69, 9.17) is 9.26 Å². The van der Waals surface area contributed by atoms with E-state index in [2.05, 4.69) is 15.5 Å². The van der Waals surface area contributed by atoms with Crippen molar-refractivity contribution in [2.24, 2.45) is 0 Å². The third kappa shape index (κ3) is 4.83. The van der Waals surface area contributed by atoms with Gasteiger partial charge in [-0.2, -0.15) is 4.98 Å². The molecule has 0 saturated heterocycles. The molecule has 6 nitrogen and oxygen atoms in total. The maximum absolute atomic E-state index is 12.9. The van der Waals surface area contributed by atoms with Gasteiger partial charge in [0.1, 0.15) is 11.6 Å². The standard InChI is InChI=1S/C15H18FN3O3/c1-10(2)15-18-13(19-22-15)6-7-17-14(20)9-21-12-5-3-4-11(16)8-12/h3-5,8,10H,6-7,9H2,1-2H3,(H,17,20). The minimum absolute atomic E-state index is 0.174. The van der Waals surface area contributed by atoms with E-state index in [1.54, 1.807) is 6.07 Å². The Labute approximate surface area is 127 Å². The van der Waals surface area contributed by atoms with Crippen molar-refractivity contribution in [3.05, 3.63) is 41.8 Å². The van der Waals surface area contributed by atoms with Gasteiger partial charge in [0, 0.05) is 24.9 Å². The highest BCUT2D eigenvalue weighted by atomic mass is 19.1. The van der Waals surface area contributed by atoms with Gasteiger partial charge in [0.25, 0.3) is 5.91 Å². The minimum atomic E-state index is -0.407. The summed E-state index contributed by atoms with van der Waals surface area (Å²) >= 11 is 0. The van der Waals surface area contributed by atoms with Crippen LogP contribution in [0.25, 0.3) is 0 Å². The molecule has 0 fully saturated rings. The smallest absolute Gasteiger partial charge is 0.257 e. The fourth-order valence-electron chi connectivity index (χ4n) is 1.67. The van der Waals surface area contributed by atoms with Gasteiger partial charge in [0.2, 0.25) is 5.89 Å². The summed E-state index contributed by atoms with van der Waals surface area (Å²) in [4.78, 5) is 15.8. The normalized spacial score (nSPS) is 10.7. The molecule has 0 aliphatic rings. The maximum atomic E-state index is 12.9. The fourth-order valence-corrected chi connectivity index (χ4v) is 1.67. The Bertz CT molecular complexity index is 628. The van der Waals surface area contributed by atoms with Crippen LogP contribution in [-0.4, -0.2) is 29.2 Å². The van der Waals surface area contributed by atoms with Crippen molar-refractivity contribution >= 4 is 5.91 Å². The van der Waals surface area contributed by atoms with Crippen molar-refractivity contribution < 1.29 is 18.4 Å². The van der Waals surface area contributed by atoms with Crippen LogP contribution < -0.4 is 10.1 Å². The highest BCUT2D eigenvalue weighted by molar-refractivity contribution is 5.77. The summed E-state index contributed by atoms with van der Waals surface area (Å²) in [5.74, 6) is 0.920. The number of halogens is 1. The third-order valence-electron chi connectivity index (χ3n) is 2.81. The highest BCUT2D eigenvalue weighted by Crippen LogP contribution is 2.12. The molecule has 22 heavy (non-hydrogen) atoms. The number of nitrogens with zero attached hydrogens (tertiary/aromatic N) is 2. The average molecular weight is 307 g/mol. The summed E-state index contributed by atoms with van der Waals surface area (Å²) in [7, 11) is 0. The van der Waals surface area contributed by atoms with Gasteiger partial charge in [0.05, 0.1) is 0 Å². The average Bonchev–Trinajstić information content (AvgIpc) is 2.94. The third-order valence-corrected chi connectivity index (χ3v) is 2.81. The predicted molar refractivity (Wildman–Crippen MR) is 77.0 cm³/mol. The van der Waals surface area contributed by atoms with Crippen LogP contribution in [0.1, 0.15) is 31.5 Å². The lowest BCUT2D eigenvalue weighted by Gasteiger charge is -2.06. The van der Waals surface area contributed by atoms with Gasteiger partial charge in [-0.3, -0.25) is 4.79 Å². The second-order valence-corrected chi connectivity index (χ2v) is 5.05. The molecule has 1 aromatic heterocycles. The molecule has 0 unspecified atom stereocenters. The van der Waals surface area contributed by atoms with Crippen LogP contribution in [-0.2, 0) is 11.2 Å². The van der Waals surface area contributed by atoms with E-state index in [0.717, 1.165) is 0 Å². The van der Waals surface area contributed by atoms with Crippen LogP contribution >= 0.6 is 0 Å². The molecule has 1 heterocycles. The second-order valence-electron chi connectivity index (χ2n) is 5.05. The molecular weight excluding hydrogens is 289 g/mol. The Morgan fingerprint density at radius 3 is 2.95 bits per heavy atom. The molecule has 7 heteroatoms. The number of carbonyl (C=O) groups excluding carboxylic acids is 1. The molecular formula is C15H18FN3O3. The monoisotopic (exact) mass is 307 g/mol. The van der Waals surface area contributed by atoms with Crippen molar-refractivity contribution in [2.75, 3.05) is 13.2 Å². The Morgan fingerprint density at radius 2 is 2.27 bits per heavy atom. The SMILES string of the molecule is CC(C)c1nc(CCNC(=O)COc2cccc(F)c2)no1. The first kappa shape index (κ1) is 15.9. The fraction of sp³-hybridized carbons (Fsp3) is 0.400. The first-order chi connectivity index (χ1) is 10.5. The molecule has 0 spiro atoms. The Kier molecular flexibility index (Phi) is 5.46. The lowest BCUT2D eigenvalue weighted by atomic mass is 10.2. The van der Waals surface area contributed by atoms with E-state index in [1.807, 2.05) is 13.8 Å². The van der Waals surface area contributed by atoms with Crippen LogP contribution in [0.15, 0.2) is 28.8 Å². The number of rotatable bonds is 7. The summed E-state index contributed by atoms with van der Waals surface area (Å²) in [5.41, 5.74) is 0. The second kappa shape index (κ2) is 7.53. The number of aromatic nitrogens is 2. The number of hydrogen-bond donors (Lipinski definition) is 1. The molecule has 0 atom stereocenters. The summed E-state index contributed by atoms with van der Waals surface area (Å²) in [6.07, 6.45) is 0.474. The molecule has 0 bridgehead atoms. The van der Waals surface area contributed by atoms with E-state index in [9.17, 15) is 9.18 Å². The molecule has 1 N–H and O–H groups in total. The summed E-state index contributed by atoms with van der Waals surface area (Å²) < 4.78 is 23.2. The van der Waals surface area contributed by atoms with Crippen LogP contribution in [0.3, 0.4) is 0 Å². The van der Waals surface area contributed by atoms with E-state index in [-0.39, 0.29) is 18.4 Å². The zero-order chi connectivity index (χ0) is 15.9. The Hall–Kier alpha value is -2.44. The maximum Gasteiger partial charge on any atom is 0.257 e. The van der Waals surface area contributed by atoms with Crippen molar-refractivity contribution in [1.82, 2.24) is 15.5 Å². The molecule has 1 aromatic carbocycles. The lowest BCUT2D eigenvalue weighted by Crippen LogP contribution is -2.30. The zero-order valence-electron chi connectivity index (χ0n) is 12.5. The largest absolute Gasteiger partial charge is 0.484 e. The molecule has 0 radical (unpaired) electrons. The number of ether oxygens (including phenoxy) is 1. The van der Waals surface area contributed by atoms with E-state index >= 15 is 0 Å². The van der Waals surface area contributed by atoms with Gasteiger partial charge in [-0.05, 0) is 12.1 Å². The summed E-state index contributed by atoms with van der Waals surface area (Å²) in [6.45, 7) is 4.13. The summed E-state index contributed by atoms with van der Waals surface area (Å²) in [6, 6.07) is 5.64. The Morgan fingerprint density at radius 1 is 1.45 bits per heavy atom. The zero-order valence-corrected chi connectivity index (χ0v) is 12.5. The first-order valence-electron chi connectivity index (χ1n) is 7.02. The molecule has 2 aromatic rings. The number of benzene rings is 1. The first-order valence-corrected chi connectivity index (χ1v) is 7.02. The molecule has 0 aliphatic carbocycles. The molecule has 2 rings (SSSR count). The highest BCUT2D eigenvalue weighted by Gasteiger charge is 2.10. The molecule has 1 amide bonds. The minimum Gasteiger partial charge on any atom is -0.484 e. The van der Waals surface area contributed by atoms with Gasteiger partial charge < -0.3 is 14.6 Å². The summed E-state index contributed by atoms with van der Waals surface area (Å²) in [5, 5.41) is 6.50. The topological polar surface area (TPSA) is 77.2 Å². The van der Waals surface area contributed by atoms with Gasteiger partial charge in [0.15, 0.2) is 12.4 Å². The number of amides is 1. The lowest BCUT2D eigenvalue weighted by molar-refractivity contribution is -0.123. The van der Waals surface area contributed by atoms with Crippen molar-refractivity contribution in [3.63, 3.8) is 0 Å². The van der Waals surface area contributed by atoms with E-state index in [1.165, 1.54) is 18.2 Å². The van der Waals surface area contributed by atoms with Crippen LogP contribution in [0.5, 0.6) is 5.75 Å². The predicted octanol–water partition coefficient (Wildman–Crippen LogP) is 2.07. The van der Waals surface area contributed by atoms with Gasteiger partial charge in [-0.1, -0.05) is 25.1 Å². The van der Waals surface area contributed by atoms with E-state index < -0.39 is 5.82 Å². The van der Waals surface area contributed by atoms with Crippen LogP contribution in [0.2, 0.25) is 0 Å². The molecule has 0 aliphatic heterocycles.